The topological polar surface area (TPSA) is 142 Å². The molecule has 0 saturated carbocycles. The van der Waals surface area contributed by atoms with Crippen molar-refractivity contribution in [1.82, 2.24) is 0 Å². The van der Waals surface area contributed by atoms with Crippen LogP contribution in [0.25, 0.3) is 0 Å². The first-order valence-electron chi connectivity index (χ1n) is 5.69. The zero-order chi connectivity index (χ0) is 15.3. The van der Waals surface area contributed by atoms with Crippen molar-refractivity contribution in [3.05, 3.63) is 23.8 Å². The van der Waals surface area contributed by atoms with Gasteiger partial charge in [-0.25, -0.2) is 9.59 Å². The summed E-state index contributed by atoms with van der Waals surface area (Å²) in [6.07, 6.45) is 0.438. The van der Waals surface area contributed by atoms with Crippen LogP contribution >= 0.6 is 12.2 Å². The smallest absolute Gasteiger partial charge is 0.349 e. The molecule has 7 N–H and O–H groups in total. The number of phenols is 1. The van der Waals surface area contributed by atoms with E-state index in [2.05, 4.69) is 17.0 Å². The van der Waals surface area contributed by atoms with Gasteiger partial charge >= 0.3 is 11.9 Å². The Morgan fingerprint density at radius 2 is 2.05 bits per heavy atom. The van der Waals surface area contributed by atoms with Gasteiger partial charge in [0.1, 0.15) is 17.4 Å². The summed E-state index contributed by atoms with van der Waals surface area (Å²) in [6, 6.07) is 2.81. The second-order valence-electron chi connectivity index (χ2n) is 4.10. The van der Waals surface area contributed by atoms with E-state index in [9.17, 15) is 14.7 Å². The van der Waals surface area contributed by atoms with Crippen LogP contribution in [0, 0.1) is 0 Å². The van der Waals surface area contributed by atoms with E-state index in [0.29, 0.717) is 0 Å². The number of aromatic hydroxyl groups is 1. The lowest BCUT2D eigenvalue weighted by Gasteiger charge is -2.10. The highest BCUT2D eigenvalue weighted by Gasteiger charge is 2.22. The van der Waals surface area contributed by atoms with Crippen molar-refractivity contribution >= 4 is 34.8 Å². The van der Waals surface area contributed by atoms with Crippen LogP contribution in [0.4, 0.5) is 5.69 Å². The number of hydrogen-bond acceptors (Lipinski definition) is 7. The van der Waals surface area contributed by atoms with Crippen LogP contribution in [0.5, 0.6) is 5.75 Å². The Morgan fingerprint density at radius 1 is 1.40 bits per heavy atom. The first-order valence-corrected chi connectivity index (χ1v) is 6.10. The van der Waals surface area contributed by atoms with E-state index in [1.54, 1.807) is 0 Å². The molecule has 0 aliphatic carbocycles. The van der Waals surface area contributed by atoms with Gasteiger partial charge in [0.25, 0.3) is 0 Å². The molecule has 1 unspecified atom stereocenters. The first-order chi connectivity index (χ1) is 9.31. The Hall–Kier alpha value is -2.19. The third-order valence-electron chi connectivity index (χ3n) is 2.44. The summed E-state index contributed by atoms with van der Waals surface area (Å²) in [5.74, 6) is -2.28. The number of phenolic OH excluding ortho intramolecular Hbond substituents is 1. The number of rotatable bonds is 5. The average molecular weight is 297 g/mol. The fraction of sp³-hybridized carbons (Fsp3) is 0.250. The van der Waals surface area contributed by atoms with Crippen LogP contribution in [0.15, 0.2) is 18.2 Å². The van der Waals surface area contributed by atoms with Crippen molar-refractivity contribution in [2.24, 2.45) is 11.5 Å². The molecule has 0 amide bonds. The second kappa shape index (κ2) is 6.83. The number of esters is 2. The van der Waals surface area contributed by atoms with Gasteiger partial charge in [0.2, 0.25) is 0 Å². The van der Waals surface area contributed by atoms with E-state index < -0.39 is 18.0 Å². The zero-order valence-corrected chi connectivity index (χ0v) is 11.4. The van der Waals surface area contributed by atoms with Gasteiger partial charge in [-0.3, -0.25) is 0 Å². The monoisotopic (exact) mass is 297 g/mol. The largest absolute Gasteiger partial charge is 0.507 e. The Morgan fingerprint density at radius 3 is 2.65 bits per heavy atom. The maximum Gasteiger partial charge on any atom is 0.349 e. The summed E-state index contributed by atoms with van der Waals surface area (Å²) in [4.78, 5) is 23.5. The summed E-state index contributed by atoms with van der Waals surface area (Å²) >= 11 is 4.65. The molecule has 0 radical (unpaired) electrons. The predicted molar refractivity (Wildman–Crippen MR) is 76.9 cm³/mol. The highest BCUT2D eigenvalue weighted by atomic mass is 32.1. The van der Waals surface area contributed by atoms with Gasteiger partial charge in [-0.2, -0.15) is 0 Å². The molecule has 20 heavy (non-hydrogen) atoms. The lowest BCUT2D eigenvalue weighted by atomic mass is 10.1. The molecule has 1 aromatic rings. The fourth-order valence-electron chi connectivity index (χ4n) is 1.35. The Balaban J connectivity index is 2.68. The van der Waals surface area contributed by atoms with Crippen molar-refractivity contribution in [3.63, 3.8) is 0 Å². The normalized spacial score (nSPS) is 11.7. The summed E-state index contributed by atoms with van der Waals surface area (Å²) in [5, 5.41) is 9.50. The molecule has 0 heterocycles. The predicted octanol–water partition coefficient (Wildman–Crippen LogP) is 0.0514. The van der Waals surface area contributed by atoms with Gasteiger partial charge in [0.05, 0.1) is 4.99 Å². The van der Waals surface area contributed by atoms with Crippen molar-refractivity contribution in [1.29, 1.82) is 0 Å². The van der Waals surface area contributed by atoms with E-state index in [1.165, 1.54) is 18.2 Å². The third kappa shape index (κ3) is 4.48. The maximum absolute atomic E-state index is 11.7. The molecule has 0 saturated heterocycles. The first kappa shape index (κ1) is 15.9. The molecule has 0 bridgehead atoms. The van der Waals surface area contributed by atoms with Crippen LogP contribution in [0.2, 0.25) is 0 Å². The molecule has 7 nitrogen and oxygen atoms in total. The van der Waals surface area contributed by atoms with Crippen LogP contribution in [0.3, 0.4) is 0 Å². The average Bonchev–Trinajstić information content (AvgIpc) is 2.38. The second-order valence-corrected chi connectivity index (χ2v) is 4.62. The molecule has 0 aliphatic rings. The highest BCUT2D eigenvalue weighted by Crippen LogP contribution is 2.20. The maximum atomic E-state index is 11.7. The molecule has 8 heteroatoms. The third-order valence-corrected chi connectivity index (χ3v) is 2.64. The lowest BCUT2D eigenvalue weighted by molar-refractivity contribution is -0.139. The minimum absolute atomic E-state index is 0.171. The Bertz CT molecular complexity index is 548. The van der Waals surface area contributed by atoms with Gasteiger partial charge in [-0.05, 0) is 31.0 Å². The van der Waals surface area contributed by atoms with Crippen LogP contribution in [-0.2, 0) is 9.53 Å². The van der Waals surface area contributed by atoms with Gasteiger partial charge < -0.3 is 27.0 Å². The van der Waals surface area contributed by atoms with E-state index in [1.807, 2.05) is 0 Å². The van der Waals surface area contributed by atoms with Gasteiger partial charge in [0.15, 0.2) is 0 Å². The minimum atomic E-state index is -1.02. The molecule has 1 aromatic carbocycles. The fourth-order valence-corrected chi connectivity index (χ4v) is 1.47. The molecule has 0 spiro atoms. The van der Waals surface area contributed by atoms with Gasteiger partial charge in [-0.15, -0.1) is 0 Å². The highest BCUT2D eigenvalue weighted by molar-refractivity contribution is 7.80. The number of anilines is 1. The molecule has 108 valence electrons. The quantitative estimate of drug-likeness (QED) is 0.196. The Labute approximate surface area is 120 Å². The van der Waals surface area contributed by atoms with Crippen LogP contribution in [0.1, 0.15) is 23.2 Å². The molecule has 0 aliphatic heterocycles. The van der Waals surface area contributed by atoms with Crippen LogP contribution < -0.4 is 17.2 Å². The number of benzene rings is 1. The van der Waals surface area contributed by atoms with E-state index >= 15 is 0 Å². The number of nitrogens with two attached hydrogens (primary N) is 3. The molecule has 1 atom stereocenters. The standard InChI is InChI=1S/C12H15N3O4S/c13-6-1-3-9(16)7(5-6)11(17)19-12(18)8(14)2-4-10(15)20/h1,3,5,8,16H,2,4,13-14H2,(H2,15,20). The molecule has 1 rings (SSSR count). The van der Waals surface area contributed by atoms with E-state index in [0.717, 1.165) is 0 Å². The van der Waals surface area contributed by atoms with Crippen molar-refractivity contribution in [2.75, 3.05) is 5.73 Å². The summed E-state index contributed by atoms with van der Waals surface area (Å²) in [5.41, 5.74) is 16.3. The number of carbonyl (C=O) groups is 2. The number of thiocarbonyl (C=S) groups is 1. The van der Waals surface area contributed by atoms with Crippen molar-refractivity contribution in [2.45, 2.75) is 18.9 Å². The summed E-state index contributed by atoms with van der Waals surface area (Å²) in [6.45, 7) is 0. The van der Waals surface area contributed by atoms with Crippen molar-refractivity contribution in [3.8, 4) is 5.75 Å². The molecule has 0 aromatic heterocycles. The van der Waals surface area contributed by atoms with E-state index in [-0.39, 0.29) is 34.8 Å². The Kier molecular flexibility index (Phi) is 5.42. The minimum Gasteiger partial charge on any atom is -0.507 e. The van der Waals surface area contributed by atoms with Crippen molar-refractivity contribution < 1.29 is 19.4 Å². The van der Waals surface area contributed by atoms with E-state index in [4.69, 9.17) is 17.2 Å². The summed E-state index contributed by atoms with van der Waals surface area (Å²) in [7, 11) is 0. The number of nitrogen functional groups attached to an aromatic ring is 1. The number of ether oxygens (including phenoxy) is 1. The SMILES string of the molecule is NC(=S)CCC(N)C(=O)OC(=O)c1cc(N)ccc1O. The number of carbonyl (C=O) groups excluding carboxylic acids is 2. The summed E-state index contributed by atoms with van der Waals surface area (Å²) < 4.78 is 4.56. The lowest BCUT2D eigenvalue weighted by Crippen LogP contribution is -2.34. The van der Waals surface area contributed by atoms with Crippen LogP contribution in [-0.4, -0.2) is 28.1 Å². The van der Waals surface area contributed by atoms with Gasteiger partial charge in [-0.1, -0.05) is 12.2 Å². The molecule has 0 fully saturated rings. The molecular formula is C12H15N3O4S. The zero-order valence-electron chi connectivity index (χ0n) is 10.5. The number of hydrogen-bond donors (Lipinski definition) is 4. The molecular weight excluding hydrogens is 282 g/mol. The van der Waals surface area contributed by atoms with Gasteiger partial charge in [0, 0.05) is 5.69 Å².